The molecule has 3 rings (SSSR count). The van der Waals surface area contributed by atoms with Crippen molar-refractivity contribution in [3.05, 3.63) is 41.4 Å². The normalized spacial score (nSPS) is 16.0. The van der Waals surface area contributed by atoms with Crippen molar-refractivity contribution in [3.63, 3.8) is 0 Å². The Balaban J connectivity index is 1.70. The molecule has 32 heavy (non-hydrogen) atoms. The van der Waals surface area contributed by atoms with Crippen LogP contribution in [0.1, 0.15) is 63.2 Å². The highest BCUT2D eigenvalue weighted by atomic mass is 32.2. The fourth-order valence-corrected chi connectivity index (χ4v) is 5.70. The molecule has 1 aromatic carbocycles. The van der Waals surface area contributed by atoms with E-state index in [2.05, 4.69) is 9.71 Å². The van der Waals surface area contributed by atoms with Gasteiger partial charge in [-0.1, -0.05) is 19.3 Å². The van der Waals surface area contributed by atoms with Crippen molar-refractivity contribution in [1.29, 1.82) is 0 Å². The molecule has 1 fully saturated rings. The van der Waals surface area contributed by atoms with Gasteiger partial charge in [-0.3, -0.25) is 9.69 Å². The van der Waals surface area contributed by atoms with Gasteiger partial charge in [-0.15, -0.1) is 11.3 Å². The highest BCUT2D eigenvalue weighted by Gasteiger charge is 2.33. The van der Waals surface area contributed by atoms with Crippen LogP contribution in [0.15, 0.2) is 40.7 Å². The minimum Gasteiger partial charge on any atom is -0.449 e. The molecule has 1 aliphatic carbocycles. The van der Waals surface area contributed by atoms with Crippen LogP contribution in [0.2, 0.25) is 0 Å². The van der Waals surface area contributed by atoms with Crippen LogP contribution in [-0.4, -0.2) is 43.5 Å². The summed E-state index contributed by atoms with van der Waals surface area (Å²) in [6.07, 6.45) is 5.70. The van der Waals surface area contributed by atoms with E-state index in [0.29, 0.717) is 5.13 Å². The number of rotatable bonds is 8. The van der Waals surface area contributed by atoms with Crippen LogP contribution in [-0.2, 0) is 19.6 Å². The lowest BCUT2D eigenvalue weighted by Gasteiger charge is -2.33. The summed E-state index contributed by atoms with van der Waals surface area (Å²) in [6, 6.07) is 5.25. The molecular weight excluding hydrogens is 450 g/mol. The van der Waals surface area contributed by atoms with Gasteiger partial charge < -0.3 is 4.74 Å². The monoisotopic (exact) mass is 479 g/mol. The highest BCUT2D eigenvalue weighted by molar-refractivity contribution is 7.89. The third-order valence-corrected chi connectivity index (χ3v) is 7.67. The van der Waals surface area contributed by atoms with Crippen molar-refractivity contribution in [2.75, 3.05) is 4.90 Å². The van der Waals surface area contributed by atoms with Crippen LogP contribution >= 0.6 is 11.3 Å². The average molecular weight is 480 g/mol. The maximum Gasteiger partial charge on any atom is 0.338 e. The van der Waals surface area contributed by atoms with Crippen LogP contribution in [0.5, 0.6) is 0 Å². The maximum atomic E-state index is 13.2. The molecule has 0 spiro atoms. The number of sulfonamides is 1. The topological polar surface area (TPSA) is 106 Å². The third kappa shape index (κ3) is 5.93. The number of hydrogen-bond donors (Lipinski definition) is 1. The van der Waals surface area contributed by atoms with Crippen LogP contribution in [0.4, 0.5) is 5.13 Å². The Morgan fingerprint density at radius 2 is 1.78 bits per heavy atom. The summed E-state index contributed by atoms with van der Waals surface area (Å²) in [7, 11) is -3.66. The predicted molar refractivity (Wildman–Crippen MR) is 123 cm³/mol. The van der Waals surface area contributed by atoms with E-state index < -0.39 is 22.1 Å². The lowest BCUT2D eigenvalue weighted by Crippen LogP contribution is -2.47. The first-order chi connectivity index (χ1) is 15.2. The number of thiazole rings is 1. The summed E-state index contributed by atoms with van der Waals surface area (Å²) in [5.41, 5.74) is 0.173. The van der Waals surface area contributed by atoms with Crippen molar-refractivity contribution in [2.45, 2.75) is 76.0 Å². The lowest BCUT2D eigenvalue weighted by molar-refractivity contribution is -0.127. The first-order valence-corrected chi connectivity index (χ1v) is 13.1. The SMILES string of the molecule is CC(C)NS(=O)(=O)c1ccc(C(=O)OC(C)C(=O)N(c2nccs2)C2CCCCC2)cc1. The van der Waals surface area contributed by atoms with Gasteiger partial charge in [0.25, 0.3) is 5.91 Å². The van der Waals surface area contributed by atoms with Crippen molar-refractivity contribution < 1.29 is 22.7 Å². The van der Waals surface area contributed by atoms with Crippen molar-refractivity contribution in [2.24, 2.45) is 0 Å². The van der Waals surface area contributed by atoms with Gasteiger partial charge >= 0.3 is 5.97 Å². The number of nitrogens with one attached hydrogen (secondary N) is 1. The number of carbonyl (C=O) groups is 2. The largest absolute Gasteiger partial charge is 0.449 e. The van der Waals surface area contributed by atoms with Gasteiger partial charge in [0.1, 0.15) is 0 Å². The quantitative estimate of drug-likeness (QED) is 0.578. The van der Waals surface area contributed by atoms with E-state index in [1.54, 1.807) is 31.9 Å². The number of ether oxygens (including phenoxy) is 1. The molecule has 1 heterocycles. The minimum absolute atomic E-state index is 0.0431. The standard InChI is InChI=1S/C22H29N3O5S2/c1-15(2)24-32(28,29)19-11-9-17(10-12-19)21(27)30-16(3)20(26)25(22-23-13-14-31-22)18-7-5-4-6-8-18/h9-16,18,24H,4-8H2,1-3H3. The molecule has 10 heteroatoms. The van der Waals surface area contributed by atoms with Crippen molar-refractivity contribution in [1.82, 2.24) is 9.71 Å². The average Bonchev–Trinajstić information content (AvgIpc) is 3.28. The zero-order chi connectivity index (χ0) is 23.3. The molecule has 0 aliphatic heterocycles. The van der Waals surface area contributed by atoms with Crippen LogP contribution in [0.3, 0.4) is 0 Å². The van der Waals surface area contributed by atoms with Crippen molar-refractivity contribution in [3.8, 4) is 0 Å². The molecule has 1 N–H and O–H groups in total. The lowest BCUT2D eigenvalue weighted by atomic mass is 9.94. The Labute approximate surface area is 193 Å². The number of nitrogens with zero attached hydrogens (tertiary/aromatic N) is 2. The van der Waals surface area contributed by atoms with Crippen LogP contribution < -0.4 is 9.62 Å². The van der Waals surface area contributed by atoms with E-state index in [0.717, 1.165) is 32.1 Å². The highest BCUT2D eigenvalue weighted by Crippen LogP contribution is 2.29. The zero-order valence-corrected chi connectivity index (χ0v) is 20.1. The number of hydrogen-bond acceptors (Lipinski definition) is 7. The van der Waals surface area contributed by atoms with E-state index in [1.165, 1.54) is 35.6 Å². The first kappa shape index (κ1) is 24.3. The smallest absolute Gasteiger partial charge is 0.338 e. The van der Waals surface area contributed by atoms with E-state index in [1.807, 2.05) is 5.38 Å². The molecule has 1 saturated carbocycles. The second-order valence-corrected chi connectivity index (χ2v) is 10.7. The number of aromatic nitrogens is 1. The Kier molecular flexibility index (Phi) is 8.02. The number of esters is 1. The molecule has 8 nitrogen and oxygen atoms in total. The predicted octanol–water partition coefficient (Wildman–Crippen LogP) is 3.74. The summed E-state index contributed by atoms with van der Waals surface area (Å²) in [5, 5.41) is 2.43. The molecule has 0 bridgehead atoms. The molecule has 1 amide bonds. The summed E-state index contributed by atoms with van der Waals surface area (Å²) >= 11 is 1.38. The fourth-order valence-electron chi connectivity index (χ4n) is 3.73. The Morgan fingerprint density at radius 3 is 2.34 bits per heavy atom. The number of benzene rings is 1. The van der Waals surface area contributed by atoms with Crippen molar-refractivity contribution >= 4 is 38.4 Å². The fraction of sp³-hybridized carbons (Fsp3) is 0.500. The van der Waals surface area contributed by atoms with Gasteiger partial charge in [-0.05, 0) is 57.9 Å². The molecule has 1 aliphatic rings. The molecule has 1 aromatic heterocycles. The summed E-state index contributed by atoms with van der Waals surface area (Å²) in [4.78, 5) is 31.9. The van der Waals surface area contributed by atoms with Gasteiger partial charge in [0, 0.05) is 23.7 Å². The molecule has 2 aromatic rings. The van der Waals surface area contributed by atoms with E-state index in [4.69, 9.17) is 4.74 Å². The second-order valence-electron chi connectivity index (χ2n) is 8.16. The van der Waals surface area contributed by atoms with Gasteiger partial charge in [0.15, 0.2) is 11.2 Å². The number of carbonyl (C=O) groups excluding carboxylic acids is 2. The van der Waals surface area contributed by atoms with E-state index in [-0.39, 0.29) is 28.4 Å². The maximum absolute atomic E-state index is 13.2. The summed E-state index contributed by atoms with van der Waals surface area (Å²) in [5.74, 6) is -0.991. The van der Waals surface area contributed by atoms with Crippen LogP contribution in [0.25, 0.3) is 0 Å². The number of amides is 1. The Hall–Kier alpha value is -2.30. The molecule has 174 valence electrons. The summed E-state index contributed by atoms with van der Waals surface area (Å²) in [6.45, 7) is 5.00. The summed E-state index contributed by atoms with van der Waals surface area (Å²) < 4.78 is 32.4. The van der Waals surface area contributed by atoms with Gasteiger partial charge in [0.05, 0.1) is 10.5 Å². The van der Waals surface area contributed by atoms with E-state index in [9.17, 15) is 18.0 Å². The first-order valence-electron chi connectivity index (χ1n) is 10.7. The van der Waals surface area contributed by atoms with Gasteiger partial charge in [-0.2, -0.15) is 0 Å². The van der Waals surface area contributed by atoms with Crippen LogP contribution in [0, 0.1) is 0 Å². The molecule has 0 radical (unpaired) electrons. The van der Waals surface area contributed by atoms with E-state index >= 15 is 0 Å². The molecule has 1 unspecified atom stereocenters. The van der Waals surface area contributed by atoms with Gasteiger partial charge in [0.2, 0.25) is 10.0 Å². The Bertz CT molecular complexity index is 1010. The minimum atomic E-state index is -3.66. The third-order valence-electron chi connectivity index (χ3n) is 5.23. The molecular formula is C22H29N3O5S2. The van der Waals surface area contributed by atoms with Gasteiger partial charge in [-0.25, -0.2) is 22.9 Å². The zero-order valence-electron chi connectivity index (χ0n) is 18.5. The molecule has 1 atom stereocenters. The number of anilines is 1. The second kappa shape index (κ2) is 10.5. The Morgan fingerprint density at radius 1 is 1.12 bits per heavy atom. The molecule has 0 saturated heterocycles.